The SMILES string of the molecule is CCOc1cc(/C=C2/SC(=S)N(c3ccc4c(c3)OCO4)C2=O)ccc1OCCC(=O)O. The first-order valence-corrected chi connectivity index (χ1v) is 11.0. The third kappa shape index (κ3) is 4.66. The summed E-state index contributed by atoms with van der Waals surface area (Å²) in [6.45, 7) is 2.42. The molecule has 10 heteroatoms. The number of thioether (sulfide) groups is 1. The van der Waals surface area contributed by atoms with Crippen LogP contribution in [0.5, 0.6) is 23.0 Å². The maximum Gasteiger partial charge on any atom is 0.306 e. The number of carbonyl (C=O) groups is 2. The fourth-order valence-electron chi connectivity index (χ4n) is 3.12. The predicted octanol–water partition coefficient (Wildman–Crippen LogP) is 4.07. The topological polar surface area (TPSA) is 94.5 Å². The number of ether oxygens (including phenoxy) is 4. The molecular weight excluding hydrogens is 454 g/mol. The number of benzene rings is 2. The number of aliphatic carboxylic acids is 1. The highest BCUT2D eigenvalue weighted by molar-refractivity contribution is 8.27. The van der Waals surface area contributed by atoms with Crippen LogP contribution in [-0.2, 0) is 9.59 Å². The van der Waals surface area contributed by atoms with Crippen LogP contribution in [0.1, 0.15) is 18.9 Å². The van der Waals surface area contributed by atoms with Gasteiger partial charge in [-0.3, -0.25) is 14.5 Å². The fourth-order valence-corrected chi connectivity index (χ4v) is 4.42. The van der Waals surface area contributed by atoms with E-state index in [4.69, 9.17) is 36.3 Å². The normalized spacial score (nSPS) is 16.0. The average molecular weight is 474 g/mol. The van der Waals surface area contributed by atoms with Crippen molar-refractivity contribution in [3.8, 4) is 23.0 Å². The summed E-state index contributed by atoms with van der Waals surface area (Å²) in [4.78, 5) is 25.7. The number of nitrogens with zero attached hydrogens (tertiary/aromatic N) is 1. The second-order valence-electron chi connectivity index (χ2n) is 6.69. The van der Waals surface area contributed by atoms with Gasteiger partial charge in [-0.15, -0.1) is 0 Å². The van der Waals surface area contributed by atoms with Gasteiger partial charge in [-0.2, -0.15) is 0 Å². The van der Waals surface area contributed by atoms with Crippen LogP contribution in [0.3, 0.4) is 0 Å². The molecule has 0 saturated carbocycles. The number of carbonyl (C=O) groups excluding carboxylic acids is 1. The Hall–Kier alpha value is -3.24. The van der Waals surface area contributed by atoms with Gasteiger partial charge in [0, 0.05) is 6.07 Å². The van der Waals surface area contributed by atoms with E-state index in [1.54, 1.807) is 42.5 Å². The summed E-state index contributed by atoms with van der Waals surface area (Å²) in [7, 11) is 0. The van der Waals surface area contributed by atoms with E-state index >= 15 is 0 Å². The van der Waals surface area contributed by atoms with E-state index in [2.05, 4.69) is 0 Å². The molecule has 1 saturated heterocycles. The summed E-state index contributed by atoms with van der Waals surface area (Å²) in [6.07, 6.45) is 1.62. The Morgan fingerprint density at radius 1 is 1.19 bits per heavy atom. The molecule has 0 bridgehead atoms. The molecule has 8 nitrogen and oxygen atoms in total. The lowest BCUT2D eigenvalue weighted by Crippen LogP contribution is -2.27. The first-order chi connectivity index (χ1) is 15.5. The first kappa shape index (κ1) is 22.0. The highest BCUT2D eigenvalue weighted by atomic mass is 32.2. The number of anilines is 1. The summed E-state index contributed by atoms with van der Waals surface area (Å²) in [5.41, 5.74) is 1.34. The Kier molecular flexibility index (Phi) is 6.52. The molecule has 0 radical (unpaired) electrons. The largest absolute Gasteiger partial charge is 0.490 e. The maximum atomic E-state index is 13.1. The van der Waals surface area contributed by atoms with Crippen molar-refractivity contribution in [2.24, 2.45) is 0 Å². The van der Waals surface area contributed by atoms with Crippen molar-refractivity contribution in [1.82, 2.24) is 0 Å². The molecule has 4 rings (SSSR count). The smallest absolute Gasteiger partial charge is 0.306 e. The molecule has 0 aliphatic carbocycles. The van der Waals surface area contributed by atoms with Crippen molar-refractivity contribution in [3.05, 3.63) is 46.9 Å². The van der Waals surface area contributed by atoms with Crippen LogP contribution in [0, 0.1) is 0 Å². The number of hydrogen-bond acceptors (Lipinski definition) is 8. The Bertz CT molecular complexity index is 1120. The van der Waals surface area contributed by atoms with Gasteiger partial charge in [-0.25, -0.2) is 0 Å². The number of amides is 1. The fraction of sp³-hybridized carbons (Fsp3) is 0.227. The van der Waals surface area contributed by atoms with Crippen molar-refractivity contribution in [2.45, 2.75) is 13.3 Å². The molecule has 2 aromatic rings. The quantitative estimate of drug-likeness (QED) is 0.450. The molecule has 0 unspecified atom stereocenters. The van der Waals surface area contributed by atoms with Gasteiger partial charge in [0.05, 0.1) is 30.2 Å². The Morgan fingerprint density at radius 3 is 2.78 bits per heavy atom. The first-order valence-electron chi connectivity index (χ1n) is 9.75. The van der Waals surface area contributed by atoms with Crippen LogP contribution in [0.25, 0.3) is 6.08 Å². The summed E-state index contributed by atoms with van der Waals surface area (Å²) < 4.78 is 22.3. The third-order valence-corrected chi connectivity index (χ3v) is 5.85. The Balaban J connectivity index is 1.55. The van der Waals surface area contributed by atoms with E-state index < -0.39 is 5.97 Å². The molecule has 166 valence electrons. The van der Waals surface area contributed by atoms with E-state index in [1.807, 2.05) is 6.92 Å². The van der Waals surface area contributed by atoms with Crippen LogP contribution < -0.4 is 23.8 Å². The van der Waals surface area contributed by atoms with Crippen molar-refractivity contribution in [3.63, 3.8) is 0 Å². The highest BCUT2D eigenvalue weighted by Crippen LogP contribution is 2.41. The number of thiocarbonyl (C=S) groups is 1. The molecule has 32 heavy (non-hydrogen) atoms. The molecule has 0 atom stereocenters. The molecule has 2 aromatic carbocycles. The van der Waals surface area contributed by atoms with Gasteiger partial charge in [-0.05, 0) is 42.8 Å². The predicted molar refractivity (Wildman–Crippen MR) is 124 cm³/mol. The minimum absolute atomic E-state index is 0.0307. The lowest BCUT2D eigenvalue weighted by atomic mass is 10.1. The number of fused-ring (bicyclic) bond motifs is 1. The Morgan fingerprint density at radius 2 is 2.00 bits per heavy atom. The van der Waals surface area contributed by atoms with E-state index in [0.717, 1.165) is 5.56 Å². The van der Waals surface area contributed by atoms with Gasteiger partial charge in [0.15, 0.2) is 27.3 Å². The van der Waals surface area contributed by atoms with Gasteiger partial charge in [0.1, 0.15) is 0 Å². The summed E-state index contributed by atoms with van der Waals surface area (Å²) >= 11 is 6.65. The molecular formula is C22H19NO7S2. The number of rotatable bonds is 8. The van der Waals surface area contributed by atoms with Crippen LogP contribution in [0.2, 0.25) is 0 Å². The lowest BCUT2D eigenvalue weighted by Gasteiger charge is -2.15. The van der Waals surface area contributed by atoms with Gasteiger partial charge < -0.3 is 24.1 Å². The van der Waals surface area contributed by atoms with Crippen molar-refractivity contribution in [2.75, 3.05) is 24.9 Å². The molecule has 2 aliphatic heterocycles. The zero-order valence-corrected chi connectivity index (χ0v) is 18.7. The molecule has 1 fully saturated rings. The second kappa shape index (κ2) is 9.49. The van der Waals surface area contributed by atoms with Gasteiger partial charge in [0.25, 0.3) is 5.91 Å². The zero-order valence-electron chi connectivity index (χ0n) is 17.0. The number of carboxylic acid groups (broad SMARTS) is 1. The van der Waals surface area contributed by atoms with Gasteiger partial charge >= 0.3 is 5.97 Å². The van der Waals surface area contributed by atoms with E-state index in [1.165, 1.54) is 16.7 Å². The minimum atomic E-state index is -0.941. The molecule has 0 aromatic heterocycles. The molecule has 2 aliphatic rings. The number of hydrogen-bond donors (Lipinski definition) is 1. The molecule has 0 spiro atoms. The van der Waals surface area contributed by atoms with Crippen LogP contribution >= 0.6 is 24.0 Å². The van der Waals surface area contributed by atoms with E-state index in [-0.39, 0.29) is 25.7 Å². The minimum Gasteiger partial charge on any atom is -0.490 e. The monoisotopic (exact) mass is 473 g/mol. The van der Waals surface area contributed by atoms with E-state index in [9.17, 15) is 9.59 Å². The second-order valence-corrected chi connectivity index (χ2v) is 8.36. The van der Waals surface area contributed by atoms with Crippen molar-refractivity contribution in [1.29, 1.82) is 0 Å². The highest BCUT2D eigenvalue weighted by Gasteiger charge is 2.34. The van der Waals surface area contributed by atoms with Gasteiger partial charge in [0.2, 0.25) is 6.79 Å². The maximum absolute atomic E-state index is 13.1. The third-order valence-electron chi connectivity index (χ3n) is 4.55. The molecule has 1 amide bonds. The zero-order chi connectivity index (χ0) is 22.7. The summed E-state index contributed by atoms with van der Waals surface area (Å²) in [5.74, 6) is 0.933. The Labute approximate surface area is 193 Å². The van der Waals surface area contributed by atoms with Crippen molar-refractivity contribution >= 4 is 51.9 Å². The summed E-state index contributed by atoms with van der Waals surface area (Å²) in [5, 5.41) is 8.78. The lowest BCUT2D eigenvalue weighted by molar-refractivity contribution is -0.137. The van der Waals surface area contributed by atoms with Crippen LogP contribution in [0.4, 0.5) is 5.69 Å². The average Bonchev–Trinajstić information content (AvgIpc) is 3.33. The van der Waals surface area contributed by atoms with E-state index in [0.29, 0.717) is 44.5 Å². The van der Waals surface area contributed by atoms with Gasteiger partial charge in [-0.1, -0.05) is 30.0 Å². The van der Waals surface area contributed by atoms with Crippen LogP contribution in [-0.4, -0.2) is 41.3 Å². The molecule has 2 heterocycles. The van der Waals surface area contributed by atoms with Crippen LogP contribution in [0.15, 0.2) is 41.3 Å². The number of carboxylic acids is 1. The molecule has 1 N–H and O–H groups in total. The standard InChI is InChI=1S/C22H19NO7S2/c1-2-27-17-9-13(3-5-15(17)28-8-7-20(24)25)10-19-21(26)23(22(31)32-19)14-4-6-16-18(11-14)30-12-29-16/h3-6,9-11H,2,7-8,12H2,1H3,(H,24,25)/b19-10+. The summed E-state index contributed by atoms with van der Waals surface area (Å²) in [6, 6.07) is 10.4. The van der Waals surface area contributed by atoms with Crippen molar-refractivity contribution < 1.29 is 33.6 Å².